The SMILES string of the molecule is CNC(c1cc2cc(Cl)ccc2o1)c1cncn1C. The van der Waals surface area contributed by atoms with Gasteiger partial charge in [0.05, 0.1) is 18.2 Å². The molecule has 2 heterocycles. The van der Waals surface area contributed by atoms with Crippen LogP contribution in [0.2, 0.25) is 5.02 Å². The molecule has 1 unspecified atom stereocenters. The Bertz CT molecular complexity index is 716. The zero-order valence-electron chi connectivity index (χ0n) is 10.7. The van der Waals surface area contributed by atoms with Gasteiger partial charge in [-0.2, -0.15) is 0 Å². The molecule has 0 amide bonds. The van der Waals surface area contributed by atoms with Gasteiger partial charge in [0.2, 0.25) is 0 Å². The van der Waals surface area contributed by atoms with Crippen LogP contribution in [-0.4, -0.2) is 16.6 Å². The Morgan fingerprint density at radius 2 is 2.21 bits per heavy atom. The first-order valence-electron chi connectivity index (χ1n) is 6.01. The van der Waals surface area contributed by atoms with Gasteiger partial charge in [-0.3, -0.25) is 0 Å². The number of hydrogen-bond donors (Lipinski definition) is 1. The molecule has 0 radical (unpaired) electrons. The minimum Gasteiger partial charge on any atom is -0.459 e. The van der Waals surface area contributed by atoms with Crippen molar-refractivity contribution in [3.63, 3.8) is 0 Å². The Morgan fingerprint density at radius 1 is 1.37 bits per heavy atom. The Kier molecular flexibility index (Phi) is 3.05. The fourth-order valence-corrected chi connectivity index (χ4v) is 2.44. The first-order valence-corrected chi connectivity index (χ1v) is 6.39. The summed E-state index contributed by atoms with van der Waals surface area (Å²) in [7, 11) is 3.87. The Morgan fingerprint density at radius 3 is 2.89 bits per heavy atom. The van der Waals surface area contributed by atoms with Crippen molar-refractivity contribution < 1.29 is 4.42 Å². The molecule has 0 saturated carbocycles. The van der Waals surface area contributed by atoms with E-state index in [4.69, 9.17) is 16.0 Å². The van der Waals surface area contributed by atoms with E-state index >= 15 is 0 Å². The number of halogens is 1. The molecule has 0 aliphatic rings. The van der Waals surface area contributed by atoms with E-state index in [9.17, 15) is 0 Å². The van der Waals surface area contributed by atoms with Gasteiger partial charge in [-0.25, -0.2) is 4.98 Å². The maximum atomic E-state index is 5.99. The van der Waals surface area contributed by atoms with Crippen molar-refractivity contribution >= 4 is 22.6 Å². The average molecular weight is 276 g/mol. The summed E-state index contributed by atoms with van der Waals surface area (Å²) in [5, 5.41) is 4.96. The normalized spacial score (nSPS) is 13.0. The lowest BCUT2D eigenvalue weighted by Gasteiger charge is -2.13. The standard InChI is InChI=1S/C14H14ClN3O/c1-16-14(11-7-17-8-18(11)2)13-6-9-5-10(15)3-4-12(9)19-13/h3-8,14,16H,1-2H3. The molecule has 0 spiro atoms. The second kappa shape index (κ2) is 4.72. The van der Waals surface area contributed by atoms with Gasteiger partial charge < -0.3 is 14.3 Å². The molecular formula is C14H14ClN3O. The monoisotopic (exact) mass is 275 g/mol. The number of fused-ring (bicyclic) bond motifs is 1. The summed E-state index contributed by atoms with van der Waals surface area (Å²) in [5.74, 6) is 0.850. The lowest BCUT2D eigenvalue weighted by molar-refractivity contribution is 0.479. The Balaban J connectivity index is 2.09. The van der Waals surface area contributed by atoms with Crippen molar-refractivity contribution in [2.75, 3.05) is 7.05 Å². The van der Waals surface area contributed by atoms with Crippen LogP contribution >= 0.6 is 11.6 Å². The second-order valence-corrected chi connectivity index (χ2v) is 4.92. The van der Waals surface area contributed by atoms with Gasteiger partial charge in [0.1, 0.15) is 17.4 Å². The van der Waals surface area contributed by atoms with E-state index in [1.54, 1.807) is 6.33 Å². The number of imidazole rings is 1. The van der Waals surface area contributed by atoms with Gasteiger partial charge in [0.25, 0.3) is 0 Å². The number of aryl methyl sites for hydroxylation is 1. The maximum absolute atomic E-state index is 5.99. The maximum Gasteiger partial charge on any atom is 0.134 e. The van der Waals surface area contributed by atoms with E-state index in [2.05, 4.69) is 10.3 Å². The first kappa shape index (κ1) is 12.3. The molecule has 1 aromatic carbocycles. The van der Waals surface area contributed by atoms with Crippen LogP contribution in [0.25, 0.3) is 11.0 Å². The van der Waals surface area contributed by atoms with Crippen LogP contribution < -0.4 is 5.32 Å². The van der Waals surface area contributed by atoms with Crippen molar-refractivity contribution in [3.05, 3.63) is 53.3 Å². The van der Waals surface area contributed by atoms with E-state index in [0.717, 1.165) is 22.4 Å². The van der Waals surface area contributed by atoms with Crippen molar-refractivity contribution in [2.45, 2.75) is 6.04 Å². The summed E-state index contributed by atoms with van der Waals surface area (Å²) in [5.41, 5.74) is 1.88. The smallest absolute Gasteiger partial charge is 0.134 e. The Hall–Kier alpha value is -1.78. The number of benzene rings is 1. The highest BCUT2D eigenvalue weighted by Crippen LogP contribution is 2.29. The molecule has 0 aliphatic carbocycles. The number of furan rings is 1. The zero-order valence-corrected chi connectivity index (χ0v) is 11.5. The van der Waals surface area contributed by atoms with Crippen molar-refractivity contribution in [3.8, 4) is 0 Å². The fraction of sp³-hybridized carbons (Fsp3) is 0.214. The van der Waals surface area contributed by atoms with Crippen LogP contribution in [0.1, 0.15) is 17.5 Å². The summed E-state index contributed by atoms with van der Waals surface area (Å²) >= 11 is 5.99. The molecule has 3 rings (SSSR count). The summed E-state index contributed by atoms with van der Waals surface area (Å²) in [6, 6.07) is 7.60. The Labute approximate surface area is 116 Å². The lowest BCUT2D eigenvalue weighted by atomic mass is 10.1. The van der Waals surface area contributed by atoms with E-state index in [-0.39, 0.29) is 6.04 Å². The molecule has 0 aliphatic heterocycles. The van der Waals surface area contributed by atoms with Gasteiger partial charge in [-0.05, 0) is 31.3 Å². The molecule has 0 bridgehead atoms. The van der Waals surface area contributed by atoms with Crippen LogP contribution in [0.15, 0.2) is 41.2 Å². The minimum absolute atomic E-state index is 0.0290. The number of aromatic nitrogens is 2. The van der Waals surface area contributed by atoms with E-state index in [1.807, 2.05) is 49.1 Å². The number of hydrogen-bond acceptors (Lipinski definition) is 3. The van der Waals surface area contributed by atoms with Crippen LogP contribution in [0.5, 0.6) is 0 Å². The number of rotatable bonds is 3. The molecular weight excluding hydrogens is 262 g/mol. The number of nitrogens with one attached hydrogen (secondary N) is 1. The van der Waals surface area contributed by atoms with E-state index in [0.29, 0.717) is 5.02 Å². The topological polar surface area (TPSA) is 43.0 Å². The summed E-state index contributed by atoms with van der Waals surface area (Å²) in [4.78, 5) is 4.14. The molecule has 19 heavy (non-hydrogen) atoms. The highest BCUT2D eigenvalue weighted by Gasteiger charge is 2.19. The van der Waals surface area contributed by atoms with Crippen molar-refractivity contribution in [2.24, 2.45) is 7.05 Å². The molecule has 0 saturated heterocycles. The third-order valence-electron chi connectivity index (χ3n) is 3.22. The predicted octanol–water partition coefficient (Wildman–Crippen LogP) is 3.13. The summed E-state index contributed by atoms with van der Waals surface area (Å²) < 4.78 is 7.87. The molecule has 2 aromatic heterocycles. The highest BCUT2D eigenvalue weighted by atomic mass is 35.5. The minimum atomic E-state index is -0.0290. The third kappa shape index (κ3) is 2.13. The van der Waals surface area contributed by atoms with Crippen LogP contribution in [0.3, 0.4) is 0 Å². The van der Waals surface area contributed by atoms with Gasteiger partial charge >= 0.3 is 0 Å². The average Bonchev–Trinajstić information content (AvgIpc) is 2.97. The molecule has 3 aromatic rings. The van der Waals surface area contributed by atoms with Gasteiger partial charge in [0.15, 0.2) is 0 Å². The first-order chi connectivity index (χ1) is 9.19. The van der Waals surface area contributed by atoms with Crippen molar-refractivity contribution in [1.29, 1.82) is 0 Å². The van der Waals surface area contributed by atoms with Crippen LogP contribution in [0, 0.1) is 0 Å². The molecule has 1 atom stereocenters. The van der Waals surface area contributed by atoms with Crippen LogP contribution in [-0.2, 0) is 7.05 Å². The van der Waals surface area contributed by atoms with Gasteiger partial charge in [0, 0.05) is 17.5 Å². The summed E-state index contributed by atoms with van der Waals surface area (Å²) in [6.45, 7) is 0. The molecule has 1 N–H and O–H groups in total. The zero-order chi connectivity index (χ0) is 13.4. The third-order valence-corrected chi connectivity index (χ3v) is 3.46. The number of nitrogens with zero attached hydrogens (tertiary/aromatic N) is 2. The molecule has 5 heteroatoms. The highest BCUT2D eigenvalue weighted by molar-refractivity contribution is 6.31. The van der Waals surface area contributed by atoms with E-state index < -0.39 is 0 Å². The molecule has 4 nitrogen and oxygen atoms in total. The quantitative estimate of drug-likeness (QED) is 0.799. The lowest BCUT2D eigenvalue weighted by Crippen LogP contribution is -2.19. The fourth-order valence-electron chi connectivity index (χ4n) is 2.26. The van der Waals surface area contributed by atoms with Crippen molar-refractivity contribution in [1.82, 2.24) is 14.9 Å². The predicted molar refractivity (Wildman–Crippen MR) is 75.3 cm³/mol. The second-order valence-electron chi connectivity index (χ2n) is 4.48. The summed E-state index contributed by atoms with van der Waals surface area (Å²) in [6.07, 6.45) is 3.61. The van der Waals surface area contributed by atoms with Gasteiger partial charge in [-0.1, -0.05) is 11.6 Å². The van der Waals surface area contributed by atoms with Gasteiger partial charge in [-0.15, -0.1) is 0 Å². The van der Waals surface area contributed by atoms with E-state index in [1.165, 1.54) is 0 Å². The molecule has 98 valence electrons. The largest absolute Gasteiger partial charge is 0.459 e. The van der Waals surface area contributed by atoms with Crippen LogP contribution in [0.4, 0.5) is 0 Å². The molecule has 0 fully saturated rings.